The first-order chi connectivity index (χ1) is 10.5. The summed E-state index contributed by atoms with van der Waals surface area (Å²) in [5, 5.41) is 8.74. The van der Waals surface area contributed by atoms with Crippen molar-refractivity contribution in [2.24, 2.45) is 5.41 Å². The molecular weight excluding hydrogens is 280 g/mol. The van der Waals surface area contributed by atoms with Gasteiger partial charge < -0.3 is 4.90 Å². The van der Waals surface area contributed by atoms with Crippen LogP contribution in [0.25, 0.3) is 0 Å². The highest BCUT2D eigenvalue weighted by atomic mass is 16.5. The van der Waals surface area contributed by atoms with E-state index in [2.05, 4.69) is 0 Å². The first-order valence-electron chi connectivity index (χ1n) is 7.83. The molecule has 0 aromatic heterocycles. The number of hydrogen-bond acceptors (Lipinski definition) is 3. The molecule has 1 aliphatic carbocycles. The van der Waals surface area contributed by atoms with E-state index in [-0.39, 0.29) is 11.3 Å². The Bertz CT molecular complexity index is 614. The number of likely N-dealkylation sites (tertiary alicyclic amines) is 1. The fraction of sp³-hybridized carbons (Fsp3) is 0.529. The molecule has 2 N–H and O–H groups in total. The van der Waals surface area contributed by atoms with Crippen molar-refractivity contribution in [2.45, 2.75) is 38.5 Å². The summed E-state index contributed by atoms with van der Waals surface area (Å²) in [5.74, 6) is -0.222. The van der Waals surface area contributed by atoms with E-state index in [4.69, 9.17) is 5.21 Å². The van der Waals surface area contributed by atoms with Crippen molar-refractivity contribution >= 4 is 11.8 Å². The Morgan fingerprint density at radius 3 is 2.86 bits per heavy atom. The minimum absolute atomic E-state index is 0.175. The van der Waals surface area contributed by atoms with Crippen LogP contribution in [0.15, 0.2) is 18.2 Å². The average molecular weight is 302 g/mol. The SMILES string of the molecule is CN1CC2(CCCC1=O)CCc1cc(C(=O)NO)ccc1C2. The number of carbonyl (C=O) groups is 2. The van der Waals surface area contributed by atoms with Gasteiger partial charge >= 0.3 is 0 Å². The van der Waals surface area contributed by atoms with Crippen molar-refractivity contribution < 1.29 is 14.8 Å². The van der Waals surface area contributed by atoms with Gasteiger partial charge in [0.25, 0.3) is 5.91 Å². The molecule has 2 aliphatic rings. The maximum atomic E-state index is 11.9. The molecule has 1 fully saturated rings. The monoisotopic (exact) mass is 302 g/mol. The quantitative estimate of drug-likeness (QED) is 0.615. The Balaban J connectivity index is 1.84. The summed E-state index contributed by atoms with van der Waals surface area (Å²) in [5.41, 5.74) is 4.80. The van der Waals surface area contributed by atoms with E-state index in [0.29, 0.717) is 12.0 Å². The second-order valence-corrected chi connectivity index (χ2v) is 6.70. The van der Waals surface area contributed by atoms with Crippen LogP contribution in [0.3, 0.4) is 0 Å². The van der Waals surface area contributed by atoms with Gasteiger partial charge in [-0.3, -0.25) is 14.8 Å². The fourth-order valence-corrected chi connectivity index (χ4v) is 3.95. The molecule has 1 spiro atoms. The summed E-state index contributed by atoms with van der Waals surface area (Å²) in [7, 11) is 1.90. The number of fused-ring (bicyclic) bond motifs is 1. The van der Waals surface area contributed by atoms with Gasteiger partial charge in [-0.2, -0.15) is 0 Å². The Kier molecular flexibility index (Phi) is 3.91. The van der Waals surface area contributed by atoms with E-state index in [0.717, 1.165) is 38.6 Å². The molecule has 2 amide bonds. The van der Waals surface area contributed by atoms with Crippen LogP contribution < -0.4 is 5.48 Å². The predicted octanol–water partition coefficient (Wildman–Crippen LogP) is 1.92. The highest BCUT2D eigenvalue weighted by Crippen LogP contribution is 2.41. The second-order valence-electron chi connectivity index (χ2n) is 6.70. The van der Waals surface area contributed by atoms with E-state index >= 15 is 0 Å². The minimum Gasteiger partial charge on any atom is -0.345 e. The van der Waals surface area contributed by atoms with Crippen LogP contribution in [-0.2, 0) is 17.6 Å². The first kappa shape index (κ1) is 15.0. The summed E-state index contributed by atoms with van der Waals surface area (Å²) in [6.45, 7) is 0.824. The molecule has 118 valence electrons. The van der Waals surface area contributed by atoms with Crippen LogP contribution in [-0.4, -0.2) is 35.5 Å². The molecule has 1 saturated heterocycles. The van der Waals surface area contributed by atoms with Crippen LogP contribution in [0, 0.1) is 5.41 Å². The van der Waals surface area contributed by atoms with Gasteiger partial charge in [-0.15, -0.1) is 0 Å². The highest BCUT2D eigenvalue weighted by Gasteiger charge is 2.38. The summed E-state index contributed by atoms with van der Waals surface area (Å²) in [4.78, 5) is 25.3. The van der Waals surface area contributed by atoms with Crippen LogP contribution in [0.4, 0.5) is 0 Å². The molecule has 1 unspecified atom stereocenters. The maximum Gasteiger partial charge on any atom is 0.274 e. The summed E-state index contributed by atoms with van der Waals surface area (Å²) >= 11 is 0. The highest BCUT2D eigenvalue weighted by molar-refractivity contribution is 5.93. The Hall–Kier alpha value is -1.88. The van der Waals surface area contributed by atoms with E-state index in [9.17, 15) is 9.59 Å². The largest absolute Gasteiger partial charge is 0.345 e. The topological polar surface area (TPSA) is 69.6 Å². The number of amides is 2. The normalized spacial score (nSPS) is 24.8. The lowest BCUT2D eigenvalue weighted by Gasteiger charge is -2.39. The molecule has 22 heavy (non-hydrogen) atoms. The van der Waals surface area contributed by atoms with Crippen molar-refractivity contribution in [3.63, 3.8) is 0 Å². The summed E-state index contributed by atoms with van der Waals surface area (Å²) in [6.07, 6.45) is 5.62. The molecule has 5 heteroatoms. The molecule has 1 atom stereocenters. The first-order valence-corrected chi connectivity index (χ1v) is 7.83. The van der Waals surface area contributed by atoms with Gasteiger partial charge in [-0.05, 0) is 60.8 Å². The molecule has 0 radical (unpaired) electrons. The van der Waals surface area contributed by atoms with Crippen molar-refractivity contribution in [3.05, 3.63) is 34.9 Å². The molecule has 3 rings (SSSR count). The van der Waals surface area contributed by atoms with Crippen LogP contribution in [0.2, 0.25) is 0 Å². The number of benzene rings is 1. The lowest BCUT2D eigenvalue weighted by molar-refractivity contribution is -0.130. The van der Waals surface area contributed by atoms with E-state index in [1.54, 1.807) is 11.5 Å². The number of carbonyl (C=O) groups excluding carboxylic acids is 2. The molecule has 0 saturated carbocycles. The molecular formula is C17H22N2O3. The van der Waals surface area contributed by atoms with Gasteiger partial charge in [0.2, 0.25) is 5.91 Å². The van der Waals surface area contributed by atoms with Gasteiger partial charge in [-0.1, -0.05) is 6.07 Å². The van der Waals surface area contributed by atoms with Gasteiger partial charge in [0, 0.05) is 25.6 Å². The third kappa shape index (κ3) is 2.73. The zero-order valence-electron chi connectivity index (χ0n) is 12.9. The molecule has 5 nitrogen and oxygen atoms in total. The zero-order valence-corrected chi connectivity index (χ0v) is 12.9. The maximum absolute atomic E-state index is 11.9. The lowest BCUT2D eigenvalue weighted by atomic mass is 9.69. The molecule has 1 aliphatic heterocycles. The average Bonchev–Trinajstić information content (AvgIpc) is 2.65. The summed E-state index contributed by atoms with van der Waals surface area (Å²) in [6, 6.07) is 5.63. The molecule has 1 heterocycles. The van der Waals surface area contributed by atoms with Gasteiger partial charge in [0.1, 0.15) is 0 Å². The third-order valence-corrected chi connectivity index (χ3v) is 5.16. The molecule has 1 aromatic rings. The van der Waals surface area contributed by atoms with E-state index in [1.165, 1.54) is 11.1 Å². The van der Waals surface area contributed by atoms with Crippen molar-refractivity contribution in [1.29, 1.82) is 0 Å². The van der Waals surface area contributed by atoms with Gasteiger partial charge in [-0.25, -0.2) is 5.48 Å². The third-order valence-electron chi connectivity index (χ3n) is 5.16. The number of nitrogens with one attached hydrogen (secondary N) is 1. The van der Waals surface area contributed by atoms with Crippen LogP contribution in [0.1, 0.15) is 47.2 Å². The predicted molar refractivity (Wildman–Crippen MR) is 81.6 cm³/mol. The Labute approximate surface area is 130 Å². The van der Waals surface area contributed by atoms with Gasteiger partial charge in [0.15, 0.2) is 0 Å². The van der Waals surface area contributed by atoms with E-state index in [1.807, 2.05) is 24.1 Å². The number of nitrogens with zero attached hydrogens (tertiary/aromatic N) is 1. The van der Waals surface area contributed by atoms with Crippen molar-refractivity contribution in [3.8, 4) is 0 Å². The smallest absolute Gasteiger partial charge is 0.274 e. The summed E-state index contributed by atoms with van der Waals surface area (Å²) < 4.78 is 0. The number of aryl methyl sites for hydroxylation is 1. The van der Waals surface area contributed by atoms with Crippen LogP contribution >= 0.6 is 0 Å². The van der Waals surface area contributed by atoms with Gasteiger partial charge in [0.05, 0.1) is 0 Å². The van der Waals surface area contributed by atoms with Crippen LogP contribution in [0.5, 0.6) is 0 Å². The number of hydroxylamine groups is 1. The lowest BCUT2D eigenvalue weighted by Crippen LogP contribution is -2.40. The zero-order chi connectivity index (χ0) is 15.7. The molecule has 0 bridgehead atoms. The number of rotatable bonds is 1. The molecule has 1 aromatic carbocycles. The van der Waals surface area contributed by atoms with E-state index < -0.39 is 5.91 Å². The number of hydrogen-bond donors (Lipinski definition) is 2. The Morgan fingerprint density at radius 1 is 1.27 bits per heavy atom. The fourth-order valence-electron chi connectivity index (χ4n) is 3.95. The minimum atomic E-state index is -0.470. The van der Waals surface area contributed by atoms with Crippen molar-refractivity contribution in [1.82, 2.24) is 10.4 Å². The second kappa shape index (κ2) is 5.72. The standard InChI is InChI=1S/C17H22N2O3/c1-19-11-17(7-2-3-15(19)20)8-6-12-9-13(16(21)18-22)4-5-14(12)10-17/h4-5,9,22H,2-3,6-8,10-11H2,1H3,(H,18,21). The Morgan fingerprint density at radius 2 is 2.09 bits per heavy atom. The van der Waals surface area contributed by atoms with Crippen molar-refractivity contribution in [2.75, 3.05) is 13.6 Å².